The largest absolute Gasteiger partial charge is 0.445 e. The van der Waals surface area contributed by atoms with E-state index in [0.717, 1.165) is 42.4 Å². The molecule has 5 rings (SSSR count). The van der Waals surface area contributed by atoms with Gasteiger partial charge in [-0.3, -0.25) is 4.90 Å². The Morgan fingerprint density at radius 2 is 1.70 bits per heavy atom. The van der Waals surface area contributed by atoms with Gasteiger partial charge in [0.1, 0.15) is 6.61 Å². The Bertz CT molecular complexity index is 1210. The lowest BCUT2D eigenvalue weighted by Crippen LogP contribution is -2.43. The highest BCUT2D eigenvalue weighted by atomic mass is 16.6. The molecule has 2 atom stereocenters. The molecule has 4 nitrogen and oxygen atoms in total. The Kier molecular flexibility index (Phi) is 5.95. The van der Waals surface area contributed by atoms with Gasteiger partial charge in [-0.15, -0.1) is 0 Å². The molecule has 1 saturated heterocycles. The normalized spacial score (nSPS) is 19.0. The molecule has 164 valence electrons. The van der Waals surface area contributed by atoms with Gasteiger partial charge in [0, 0.05) is 6.04 Å². The van der Waals surface area contributed by atoms with Gasteiger partial charge in [0.2, 0.25) is 0 Å². The zero-order valence-corrected chi connectivity index (χ0v) is 18.5. The molecular weight excluding hydrogens is 408 g/mol. The number of benzene rings is 3. The Labute approximate surface area is 194 Å². The van der Waals surface area contributed by atoms with E-state index >= 15 is 0 Å². The zero-order chi connectivity index (χ0) is 22.6. The number of fused-ring (bicyclic) bond motifs is 2. The maximum Gasteiger partial charge on any atom is 0.410 e. The number of amides is 1. The predicted octanol–water partition coefficient (Wildman–Crippen LogP) is 6.27. The number of nitrogens with zero attached hydrogens (tertiary/aromatic N) is 2. The van der Waals surface area contributed by atoms with E-state index in [1.807, 2.05) is 59.5 Å². The third-order valence-electron chi connectivity index (χ3n) is 6.63. The summed E-state index contributed by atoms with van der Waals surface area (Å²) in [5.41, 5.74) is 6.36. The van der Waals surface area contributed by atoms with Gasteiger partial charge in [-0.1, -0.05) is 84.4 Å². The van der Waals surface area contributed by atoms with Gasteiger partial charge in [-0.25, -0.2) is 4.79 Å². The molecule has 33 heavy (non-hydrogen) atoms. The number of rotatable bonds is 5. The molecule has 2 bridgehead atoms. The van der Waals surface area contributed by atoms with E-state index < -0.39 is 0 Å². The van der Waals surface area contributed by atoms with Gasteiger partial charge < -0.3 is 4.74 Å². The van der Waals surface area contributed by atoms with Gasteiger partial charge in [0.15, 0.2) is 0 Å². The van der Waals surface area contributed by atoms with Crippen molar-refractivity contribution in [1.82, 2.24) is 4.90 Å². The molecule has 3 aromatic rings. The number of hydrogen-bond donors (Lipinski definition) is 0. The highest BCUT2D eigenvalue weighted by molar-refractivity contribution is 5.71. The number of ether oxygens (including phenoxy) is 1. The molecule has 0 saturated carbocycles. The van der Waals surface area contributed by atoms with E-state index in [4.69, 9.17) is 4.74 Å². The molecule has 3 aromatic carbocycles. The van der Waals surface area contributed by atoms with Gasteiger partial charge in [-0.05, 0) is 54.0 Å². The molecular formula is C29H26N2O2. The molecule has 1 fully saturated rings. The summed E-state index contributed by atoms with van der Waals surface area (Å²) >= 11 is 0. The fraction of sp³-hybridized carbons (Fsp3) is 0.241. The monoisotopic (exact) mass is 434 g/mol. The number of hydrogen-bond acceptors (Lipinski definition) is 3. The van der Waals surface area contributed by atoms with Crippen molar-refractivity contribution in [1.29, 1.82) is 5.26 Å². The third-order valence-corrected chi connectivity index (χ3v) is 6.63. The van der Waals surface area contributed by atoms with E-state index in [2.05, 4.69) is 36.4 Å². The fourth-order valence-corrected chi connectivity index (χ4v) is 5.03. The van der Waals surface area contributed by atoms with Crippen LogP contribution in [-0.2, 0) is 17.8 Å². The van der Waals surface area contributed by atoms with Crippen LogP contribution in [0.5, 0.6) is 0 Å². The second kappa shape index (κ2) is 9.34. The summed E-state index contributed by atoms with van der Waals surface area (Å²) in [5.74, 6) is 0. The van der Waals surface area contributed by atoms with Gasteiger partial charge in [0.25, 0.3) is 0 Å². The molecule has 1 amide bonds. The van der Waals surface area contributed by atoms with Crippen molar-refractivity contribution < 1.29 is 9.53 Å². The highest BCUT2D eigenvalue weighted by Crippen LogP contribution is 2.36. The smallest absolute Gasteiger partial charge is 0.410 e. The molecule has 0 radical (unpaired) electrons. The molecule has 2 aliphatic rings. The van der Waals surface area contributed by atoms with Crippen LogP contribution in [0.3, 0.4) is 0 Å². The van der Waals surface area contributed by atoms with Gasteiger partial charge >= 0.3 is 6.09 Å². The number of carbonyl (C=O) groups excluding carboxylic acids is 1. The summed E-state index contributed by atoms with van der Waals surface area (Å²) in [6.45, 7) is 0.313. The molecule has 2 heterocycles. The topological polar surface area (TPSA) is 53.3 Å². The van der Waals surface area contributed by atoms with Crippen LogP contribution in [0.1, 0.15) is 36.0 Å². The van der Waals surface area contributed by atoms with Crippen molar-refractivity contribution in [3.63, 3.8) is 0 Å². The minimum Gasteiger partial charge on any atom is -0.445 e. The molecule has 0 spiro atoms. The Morgan fingerprint density at radius 3 is 2.45 bits per heavy atom. The lowest BCUT2D eigenvalue weighted by molar-refractivity contribution is 0.0816. The van der Waals surface area contributed by atoms with Crippen LogP contribution in [0, 0.1) is 11.3 Å². The van der Waals surface area contributed by atoms with Crippen molar-refractivity contribution in [2.24, 2.45) is 0 Å². The number of nitriles is 1. The molecule has 0 N–H and O–H groups in total. The van der Waals surface area contributed by atoms with Crippen molar-refractivity contribution in [3.05, 3.63) is 107 Å². The molecule has 0 aliphatic carbocycles. The van der Waals surface area contributed by atoms with Crippen molar-refractivity contribution >= 4 is 6.09 Å². The summed E-state index contributed by atoms with van der Waals surface area (Å²) in [6.07, 6.45) is 5.87. The summed E-state index contributed by atoms with van der Waals surface area (Å²) in [7, 11) is 0. The first kappa shape index (κ1) is 21.0. The molecule has 2 aliphatic heterocycles. The quantitative estimate of drug-likeness (QED) is 0.445. The van der Waals surface area contributed by atoms with Crippen molar-refractivity contribution in [2.45, 2.75) is 44.4 Å². The second-order valence-corrected chi connectivity index (χ2v) is 8.81. The van der Waals surface area contributed by atoms with Gasteiger partial charge in [0.05, 0.1) is 17.7 Å². The molecule has 4 heteroatoms. The van der Waals surface area contributed by atoms with Crippen LogP contribution in [0.25, 0.3) is 11.1 Å². The highest BCUT2D eigenvalue weighted by Gasteiger charge is 2.40. The van der Waals surface area contributed by atoms with Crippen LogP contribution >= 0.6 is 0 Å². The summed E-state index contributed by atoms with van der Waals surface area (Å²) in [6, 6.07) is 28.6. The van der Waals surface area contributed by atoms with E-state index in [1.165, 1.54) is 11.1 Å². The summed E-state index contributed by atoms with van der Waals surface area (Å²) in [4.78, 5) is 14.7. The van der Waals surface area contributed by atoms with Crippen LogP contribution in [0.15, 0.2) is 90.5 Å². The maximum atomic E-state index is 12.8. The van der Waals surface area contributed by atoms with E-state index in [9.17, 15) is 10.1 Å². The average Bonchev–Trinajstić information content (AvgIpc) is 3.14. The Morgan fingerprint density at radius 1 is 0.939 bits per heavy atom. The van der Waals surface area contributed by atoms with E-state index in [1.54, 1.807) is 0 Å². The van der Waals surface area contributed by atoms with Crippen molar-refractivity contribution in [3.8, 4) is 17.2 Å². The Balaban J connectivity index is 1.24. The summed E-state index contributed by atoms with van der Waals surface area (Å²) < 4.78 is 5.61. The average molecular weight is 435 g/mol. The SMILES string of the molecule is N#Cc1ccccc1-c1ccc(CC2=CC3CCC(C2)N3C(=O)OCc2ccccc2)cc1. The first-order chi connectivity index (χ1) is 16.2. The van der Waals surface area contributed by atoms with E-state index in [0.29, 0.717) is 12.2 Å². The predicted molar refractivity (Wildman–Crippen MR) is 128 cm³/mol. The Hall–Kier alpha value is -3.84. The molecule has 0 aromatic heterocycles. The summed E-state index contributed by atoms with van der Waals surface area (Å²) in [5, 5.41) is 9.36. The lowest BCUT2D eigenvalue weighted by atomic mass is 9.93. The first-order valence-corrected chi connectivity index (χ1v) is 11.5. The van der Waals surface area contributed by atoms with Crippen LogP contribution in [0.4, 0.5) is 4.79 Å². The van der Waals surface area contributed by atoms with Crippen LogP contribution in [0.2, 0.25) is 0 Å². The zero-order valence-electron chi connectivity index (χ0n) is 18.5. The molecule has 2 unspecified atom stereocenters. The minimum atomic E-state index is -0.206. The van der Waals surface area contributed by atoms with Crippen LogP contribution < -0.4 is 0 Å². The third kappa shape index (κ3) is 4.54. The van der Waals surface area contributed by atoms with Crippen molar-refractivity contribution in [2.75, 3.05) is 0 Å². The van der Waals surface area contributed by atoms with Gasteiger partial charge in [-0.2, -0.15) is 5.26 Å². The number of carbonyl (C=O) groups is 1. The fourth-order valence-electron chi connectivity index (χ4n) is 5.03. The first-order valence-electron chi connectivity index (χ1n) is 11.5. The minimum absolute atomic E-state index is 0.129. The van der Waals surface area contributed by atoms with E-state index in [-0.39, 0.29) is 18.2 Å². The maximum absolute atomic E-state index is 12.8. The standard InChI is InChI=1S/C29H26N2O2/c30-19-25-8-4-5-9-28(25)24-12-10-21(11-13-24)16-23-17-26-14-15-27(18-23)31(26)29(32)33-20-22-6-2-1-3-7-22/h1-13,17,26-27H,14-16,18,20H2. The second-order valence-electron chi connectivity index (χ2n) is 8.81. The lowest BCUT2D eigenvalue weighted by Gasteiger charge is -2.33. The van der Waals surface area contributed by atoms with Crippen LogP contribution in [-0.4, -0.2) is 23.1 Å².